The summed E-state index contributed by atoms with van der Waals surface area (Å²) < 4.78 is 1.36. The molecule has 3 aromatic rings. The van der Waals surface area contributed by atoms with Gasteiger partial charge in [-0.05, 0) is 72.0 Å². The Labute approximate surface area is 170 Å². The number of fused-ring (bicyclic) bond motifs is 1. The summed E-state index contributed by atoms with van der Waals surface area (Å²) in [6, 6.07) is 18.1. The van der Waals surface area contributed by atoms with Crippen LogP contribution < -0.4 is 5.32 Å². The first-order valence-corrected chi connectivity index (χ1v) is 11.0. The Balaban J connectivity index is 1.35. The first-order chi connectivity index (χ1) is 13.6. The third-order valence-electron chi connectivity index (χ3n) is 5.97. The molecule has 0 unspecified atom stereocenters. The number of benzene rings is 2. The van der Waals surface area contributed by atoms with E-state index in [0.29, 0.717) is 24.4 Å². The maximum Gasteiger partial charge on any atom is 0.303 e. The number of rotatable bonds is 7. The molecule has 3 atom stereocenters. The molecule has 1 aromatic heterocycles. The van der Waals surface area contributed by atoms with Crippen LogP contribution in [-0.4, -0.2) is 17.1 Å². The Bertz CT molecular complexity index is 947. The number of nitrogens with one attached hydrogen (secondary N) is 1. The average molecular weight is 394 g/mol. The minimum absolute atomic E-state index is 0.198. The second kappa shape index (κ2) is 8.46. The molecule has 4 rings (SSSR count). The maximum atomic E-state index is 10.7. The normalized spacial score (nSPS) is 20.5. The molecule has 4 heteroatoms. The smallest absolute Gasteiger partial charge is 0.303 e. The molecule has 1 heterocycles. The molecule has 2 N–H and O–H groups in total. The highest BCUT2D eigenvalue weighted by atomic mass is 32.1. The lowest BCUT2D eigenvalue weighted by molar-refractivity contribution is -0.136. The fourth-order valence-corrected chi connectivity index (χ4v) is 5.48. The van der Waals surface area contributed by atoms with Gasteiger partial charge < -0.3 is 10.4 Å². The zero-order valence-corrected chi connectivity index (χ0v) is 17.0. The van der Waals surface area contributed by atoms with Crippen molar-refractivity contribution in [3.8, 4) is 0 Å². The molecule has 0 saturated heterocycles. The summed E-state index contributed by atoms with van der Waals surface area (Å²) in [5.74, 6) is -0.140. The maximum absolute atomic E-state index is 10.7. The van der Waals surface area contributed by atoms with E-state index in [0.717, 1.165) is 5.56 Å². The standard InChI is InChI=1S/C24H27NO2S/c1-16(22-15-28-23-5-3-2-4-21(22)23)25-20-12-11-19(14-20)18-9-6-17(7-10-18)8-13-24(26)27/h2-7,9-10,15-16,19-20,25H,8,11-14H2,1H3,(H,26,27)/t16-,19+,20+/m1/s1. The molecule has 28 heavy (non-hydrogen) atoms. The van der Waals surface area contributed by atoms with Crippen molar-refractivity contribution in [1.82, 2.24) is 5.32 Å². The minimum atomic E-state index is -0.735. The van der Waals surface area contributed by atoms with Crippen molar-refractivity contribution in [2.75, 3.05) is 0 Å². The van der Waals surface area contributed by atoms with E-state index in [1.807, 2.05) is 11.3 Å². The van der Waals surface area contributed by atoms with E-state index in [1.165, 1.54) is 40.5 Å². The molecule has 1 saturated carbocycles. The number of carbonyl (C=O) groups is 1. The number of carboxylic acids is 1. The van der Waals surface area contributed by atoms with Gasteiger partial charge >= 0.3 is 5.97 Å². The molecule has 1 aliphatic rings. The monoisotopic (exact) mass is 393 g/mol. The largest absolute Gasteiger partial charge is 0.481 e. The van der Waals surface area contributed by atoms with Gasteiger partial charge in [0.25, 0.3) is 0 Å². The number of aliphatic carboxylic acids is 1. The van der Waals surface area contributed by atoms with Crippen molar-refractivity contribution in [2.45, 2.75) is 57.0 Å². The molecule has 0 radical (unpaired) electrons. The Morgan fingerprint density at radius 1 is 1.18 bits per heavy atom. The van der Waals surface area contributed by atoms with Gasteiger partial charge in [0.2, 0.25) is 0 Å². The zero-order valence-electron chi connectivity index (χ0n) is 16.2. The second-order valence-electron chi connectivity index (χ2n) is 7.92. The van der Waals surface area contributed by atoms with E-state index in [1.54, 1.807) is 0 Å². The molecule has 0 amide bonds. The Morgan fingerprint density at radius 3 is 2.75 bits per heavy atom. The van der Waals surface area contributed by atoms with E-state index >= 15 is 0 Å². The van der Waals surface area contributed by atoms with Crippen LogP contribution >= 0.6 is 11.3 Å². The van der Waals surface area contributed by atoms with Gasteiger partial charge in [-0.3, -0.25) is 4.79 Å². The summed E-state index contributed by atoms with van der Waals surface area (Å²) in [6.45, 7) is 2.28. The Hall–Kier alpha value is -2.17. The van der Waals surface area contributed by atoms with Crippen molar-refractivity contribution in [2.24, 2.45) is 0 Å². The summed E-state index contributed by atoms with van der Waals surface area (Å²) >= 11 is 1.83. The highest BCUT2D eigenvalue weighted by Crippen LogP contribution is 2.37. The van der Waals surface area contributed by atoms with E-state index in [-0.39, 0.29) is 6.42 Å². The quantitative estimate of drug-likeness (QED) is 0.525. The second-order valence-corrected chi connectivity index (χ2v) is 8.83. The predicted octanol–water partition coefficient (Wildman–Crippen LogP) is 5.91. The Kier molecular flexibility index (Phi) is 5.79. The molecule has 1 fully saturated rings. The van der Waals surface area contributed by atoms with Crippen LogP contribution in [-0.2, 0) is 11.2 Å². The lowest BCUT2D eigenvalue weighted by Crippen LogP contribution is -2.29. The van der Waals surface area contributed by atoms with Gasteiger partial charge in [-0.1, -0.05) is 42.5 Å². The topological polar surface area (TPSA) is 49.3 Å². The number of hydrogen-bond donors (Lipinski definition) is 2. The van der Waals surface area contributed by atoms with E-state index in [4.69, 9.17) is 5.11 Å². The third kappa shape index (κ3) is 4.29. The lowest BCUT2D eigenvalue weighted by atomic mass is 9.95. The van der Waals surface area contributed by atoms with E-state index in [9.17, 15) is 4.79 Å². The van der Waals surface area contributed by atoms with Gasteiger partial charge in [0, 0.05) is 23.2 Å². The fraction of sp³-hybridized carbons (Fsp3) is 0.375. The number of carboxylic acid groups (broad SMARTS) is 1. The van der Waals surface area contributed by atoms with Gasteiger partial charge in [0.15, 0.2) is 0 Å². The summed E-state index contributed by atoms with van der Waals surface area (Å²) in [5.41, 5.74) is 3.90. The van der Waals surface area contributed by atoms with Crippen molar-refractivity contribution >= 4 is 27.4 Å². The first kappa shape index (κ1) is 19.2. The van der Waals surface area contributed by atoms with Crippen molar-refractivity contribution in [3.63, 3.8) is 0 Å². The fourth-order valence-electron chi connectivity index (χ4n) is 4.42. The van der Waals surface area contributed by atoms with Gasteiger partial charge in [-0.25, -0.2) is 0 Å². The van der Waals surface area contributed by atoms with Gasteiger partial charge in [0.1, 0.15) is 0 Å². The van der Waals surface area contributed by atoms with Gasteiger partial charge in [-0.2, -0.15) is 0 Å². The Morgan fingerprint density at radius 2 is 1.96 bits per heavy atom. The van der Waals surface area contributed by atoms with Crippen LogP contribution in [0.4, 0.5) is 0 Å². The molecule has 146 valence electrons. The van der Waals surface area contributed by atoms with Crippen molar-refractivity contribution in [3.05, 3.63) is 70.6 Å². The van der Waals surface area contributed by atoms with Crippen LogP contribution in [0.3, 0.4) is 0 Å². The van der Waals surface area contributed by atoms with Crippen LogP contribution in [0.25, 0.3) is 10.1 Å². The summed E-state index contributed by atoms with van der Waals surface area (Å²) in [5, 5.41) is 16.4. The van der Waals surface area contributed by atoms with Gasteiger partial charge in [0.05, 0.1) is 0 Å². The number of hydrogen-bond acceptors (Lipinski definition) is 3. The van der Waals surface area contributed by atoms with Crippen LogP contribution in [0.2, 0.25) is 0 Å². The van der Waals surface area contributed by atoms with Crippen molar-refractivity contribution < 1.29 is 9.90 Å². The van der Waals surface area contributed by atoms with Crippen LogP contribution in [0.1, 0.15) is 61.3 Å². The molecular weight excluding hydrogens is 366 g/mol. The summed E-state index contributed by atoms with van der Waals surface area (Å²) in [6.07, 6.45) is 4.39. The highest BCUT2D eigenvalue weighted by molar-refractivity contribution is 7.17. The SMILES string of the molecule is C[C@@H](N[C@H]1CC[C@H](c2ccc(CCC(=O)O)cc2)C1)c1csc2ccccc12. The summed E-state index contributed by atoms with van der Waals surface area (Å²) in [7, 11) is 0. The molecule has 2 aromatic carbocycles. The van der Waals surface area contributed by atoms with Crippen LogP contribution in [0.15, 0.2) is 53.9 Å². The van der Waals surface area contributed by atoms with Gasteiger partial charge in [-0.15, -0.1) is 11.3 Å². The third-order valence-corrected chi connectivity index (χ3v) is 6.96. The minimum Gasteiger partial charge on any atom is -0.481 e. The lowest BCUT2D eigenvalue weighted by Gasteiger charge is -2.20. The molecule has 0 bridgehead atoms. The zero-order chi connectivity index (χ0) is 19.5. The highest BCUT2D eigenvalue weighted by Gasteiger charge is 2.27. The molecule has 0 spiro atoms. The molecular formula is C24H27NO2S. The summed E-state index contributed by atoms with van der Waals surface area (Å²) in [4.78, 5) is 10.7. The molecule has 3 nitrogen and oxygen atoms in total. The average Bonchev–Trinajstić information content (AvgIpc) is 3.34. The predicted molar refractivity (Wildman–Crippen MR) is 116 cm³/mol. The van der Waals surface area contributed by atoms with Crippen molar-refractivity contribution in [1.29, 1.82) is 0 Å². The molecule has 1 aliphatic carbocycles. The van der Waals surface area contributed by atoms with E-state index in [2.05, 4.69) is 66.2 Å². The first-order valence-electron chi connectivity index (χ1n) is 10.1. The number of thiophene rings is 1. The molecule has 0 aliphatic heterocycles. The number of aryl methyl sites for hydroxylation is 1. The van der Waals surface area contributed by atoms with E-state index < -0.39 is 5.97 Å². The van der Waals surface area contributed by atoms with Crippen LogP contribution in [0, 0.1) is 0 Å². The van der Waals surface area contributed by atoms with Crippen LogP contribution in [0.5, 0.6) is 0 Å².